The molecule has 0 aromatic heterocycles. The Morgan fingerprint density at radius 3 is 0.752 bits per heavy atom. The van der Waals surface area contributed by atoms with Crippen LogP contribution in [0.2, 0.25) is 0 Å². The maximum Gasteiger partial charge on any atom is 0.472 e. The first kappa shape index (κ1) is 99.1. The van der Waals surface area contributed by atoms with Crippen molar-refractivity contribution < 1.29 is 80.2 Å². The third kappa shape index (κ3) is 74.7. The molecule has 0 amide bonds. The van der Waals surface area contributed by atoms with Crippen LogP contribution in [0.1, 0.15) is 433 Å². The van der Waals surface area contributed by atoms with Crippen LogP contribution in [0.25, 0.3) is 0 Å². The van der Waals surface area contributed by atoms with Crippen molar-refractivity contribution in [2.24, 2.45) is 11.8 Å². The fraction of sp³-hybridized carbons (Fsp3) is 0.951. The van der Waals surface area contributed by atoms with E-state index in [-0.39, 0.29) is 25.7 Å². The van der Waals surface area contributed by atoms with Crippen molar-refractivity contribution >= 4 is 39.5 Å². The second-order valence-corrected chi connectivity index (χ2v) is 33.1. The minimum Gasteiger partial charge on any atom is -0.462 e. The molecule has 0 saturated carbocycles. The van der Waals surface area contributed by atoms with Crippen molar-refractivity contribution in [3.8, 4) is 0 Å². The zero-order valence-corrected chi connectivity index (χ0v) is 68.0. The third-order valence-corrected chi connectivity index (χ3v) is 21.5. The van der Waals surface area contributed by atoms with E-state index in [4.69, 9.17) is 37.0 Å². The van der Waals surface area contributed by atoms with Gasteiger partial charge in [-0.05, 0) is 37.5 Å². The lowest BCUT2D eigenvalue weighted by Crippen LogP contribution is -2.30. The molecular weight excluding hydrogens is 1320 g/mol. The summed E-state index contributed by atoms with van der Waals surface area (Å²) in [6.07, 6.45) is 64.2. The molecular formula is C82H160O17P2. The van der Waals surface area contributed by atoms with Crippen molar-refractivity contribution in [2.75, 3.05) is 39.6 Å². The fourth-order valence-electron chi connectivity index (χ4n) is 12.7. The monoisotopic (exact) mass is 1480 g/mol. The zero-order chi connectivity index (χ0) is 74.2. The number of phosphoric ester groups is 2. The summed E-state index contributed by atoms with van der Waals surface area (Å²) in [5.41, 5.74) is 0. The first-order chi connectivity index (χ1) is 48.9. The van der Waals surface area contributed by atoms with Crippen LogP contribution in [0.15, 0.2) is 0 Å². The van der Waals surface area contributed by atoms with Crippen LogP contribution in [0.3, 0.4) is 0 Å². The molecule has 0 heterocycles. The summed E-state index contributed by atoms with van der Waals surface area (Å²) in [7, 11) is -9.92. The molecule has 0 aliphatic carbocycles. The molecule has 0 fully saturated rings. The van der Waals surface area contributed by atoms with Gasteiger partial charge in [0.25, 0.3) is 0 Å². The highest BCUT2D eigenvalue weighted by molar-refractivity contribution is 7.47. The standard InChI is InChI=1S/C82H160O17P2/c1-7-10-12-14-16-18-20-22-24-26-28-30-32-34-36-38-40-45-52-58-64-79(84)92-70-77(98-81(86)66-60-54-46-41-39-37-35-33-31-29-27-25-23-21-19-17-15-13-11-8-2)72-96-100(88,89)94-68-76(83)69-95-101(90,91)97-73-78(71-93-80(85)65-59-53-49-48-51-57-63-75(6)9-3)99-82(87)67-61-55-47-43-42-44-50-56-62-74(4)5/h74-78,83H,7-73H2,1-6H3,(H,88,89)(H,90,91)/t75?,76-,77-,78-/m1/s1. The molecule has 0 bridgehead atoms. The van der Waals surface area contributed by atoms with Gasteiger partial charge in [-0.3, -0.25) is 37.3 Å². The van der Waals surface area contributed by atoms with E-state index in [1.807, 2.05) is 0 Å². The third-order valence-electron chi connectivity index (χ3n) is 19.6. The maximum atomic E-state index is 13.1. The lowest BCUT2D eigenvalue weighted by atomic mass is 10.00. The van der Waals surface area contributed by atoms with Crippen LogP contribution >= 0.6 is 15.6 Å². The average Bonchev–Trinajstić information content (AvgIpc) is 0.973. The van der Waals surface area contributed by atoms with Gasteiger partial charge >= 0.3 is 39.5 Å². The van der Waals surface area contributed by atoms with Gasteiger partial charge < -0.3 is 33.8 Å². The molecule has 0 radical (unpaired) electrons. The molecule has 101 heavy (non-hydrogen) atoms. The van der Waals surface area contributed by atoms with E-state index in [2.05, 4.69) is 41.5 Å². The number of hydrogen-bond acceptors (Lipinski definition) is 15. The van der Waals surface area contributed by atoms with Crippen molar-refractivity contribution in [1.29, 1.82) is 0 Å². The molecule has 0 aliphatic rings. The maximum absolute atomic E-state index is 13.1. The van der Waals surface area contributed by atoms with Crippen LogP contribution in [0.5, 0.6) is 0 Å². The fourth-order valence-corrected chi connectivity index (χ4v) is 14.3. The first-order valence-electron chi connectivity index (χ1n) is 42.5. The number of aliphatic hydroxyl groups is 1. The predicted octanol–water partition coefficient (Wildman–Crippen LogP) is 24.7. The zero-order valence-electron chi connectivity index (χ0n) is 66.2. The highest BCUT2D eigenvalue weighted by Gasteiger charge is 2.30. The van der Waals surface area contributed by atoms with Gasteiger partial charge in [-0.1, -0.05) is 382 Å². The number of ether oxygens (including phenoxy) is 4. The smallest absolute Gasteiger partial charge is 0.462 e. The van der Waals surface area contributed by atoms with E-state index >= 15 is 0 Å². The van der Waals surface area contributed by atoms with Crippen LogP contribution in [-0.2, 0) is 65.4 Å². The largest absolute Gasteiger partial charge is 0.472 e. The number of carbonyl (C=O) groups is 4. The second kappa shape index (κ2) is 73.6. The van der Waals surface area contributed by atoms with E-state index in [1.54, 1.807) is 0 Å². The van der Waals surface area contributed by atoms with Gasteiger partial charge in [0.05, 0.1) is 26.4 Å². The SMILES string of the molecule is CCCCCCCCCCCCCCCCCCCCCCC(=O)OC[C@H](COP(=O)(O)OC[C@@H](O)COP(=O)(O)OC[C@@H](COC(=O)CCCCCCCCC(C)CC)OC(=O)CCCCCCCCCCC(C)C)OC(=O)CCCCCCCCCCCCCCCCCCCCCC. The number of unbranched alkanes of at least 4 members (excludes halogenated alkanes) is 50. The molecule has 0 aromatic rings. The van der Waals surface area contributed by atoms with Gasteiger partial charge in [0.1, 0.15) is 19.3 Å². The van der Waals surface area contributed by atoms with Crippen LogP contribution in [-0.4, -0.2) is 96.7 Å². The Morgan fingerprint density at radius 2 is 0.505 bits per heavy atom. The highest BCUT2D eigenvalue weighted by atomic mass is 31.2. The normalized spacial score (nSPS) is 14.2. The van der Waals surface area contributed by atoms with Gasteiger partial charge in [-0.25, -0.2) is 9.13 Å². The van der Waals surface area contributed by atoms with Gasteiger partial charge in [-0.2, -0.15) is 0 Å². The summed E-state index contributed by atoms with van der Waals surface area (Å²) in [6.45, 7) is 9.55. The van der Waals surface area contributed by atoms with Gasteiger partial charge in [0, 0.05) is 25.7 Å². The number of carbonyl (C=O) groups excluding carboxylic acids is 4. The molecule has 19 heteroatoms. The minimum atomic E-state index is -4.96. The molecule has 17 nitrogen and oxygen atoms in total. The van der Waals surface area contributed by atoms with E-state index < -0.39 is 97.5 Å². The van der Waals surface area contributed by atoms with Crippen LogP contribution < -0.4 is 0 Å². The van der Waals surface area contributed by atoms with Crippen molar-refractivity contribution in [3.05, 3.63) is 0 Å². The number of phosphoric acid groups is 2. The molecule has 3 N–H and O–H groups in total. The lowest BCUT2D eigenvalue weighted by molar-refractivity contribution is -0.161. The van der Waals surface area contributed by atoms with Crippen molar-refractivity contribution in [3.63, 3.8) is 0 Å². The van der Waals surface area contributed by atoms with Gasteiger partial charge in [-0.15, -0.1) is 0 Å². The van der Waals surface area contributed by atoms with E-state index in [0.29, 0.717) is 25.7 Å². The lowest BCUT2D eigenvalue weighted by Gasteiger charge is -2.21. The molecule has 3 unspecified atom stereocenters. The summed E-state index contributed by atoms with van der Waals surface area (Å²) in [5, 5.41) is 10.6. The first-order valence-corrected chi connectivity index (χ1v) is 45.5. The van der Waals surface area contributed by atoms with Crippen molar-refractivity contribution in [1.82, 2.24) is 0 Å². The molecule has 0 aromatic carbocycles. The number of aliphatic hydroxyl groups excluding tert-OH is 1. The van der Waals surface area contributed by atoms with E-state index in [0.717, 1.165) is 108 Å². The topological polar surface area (TPSA) is 237 Å². The molecule has 6 atom stereocenters. The molecule has 600 valence electrons. The van der Waals surface area contributed by atoms with Crippen LogP contribution in [0, 0.1) is 11.8 Å². The predicted molar refractivity (Wildman–Crippen MR) is 414 cm³/mol. The van der Waals surface area contributed by atoms with Crippen molar-refractivity contribution in [2.45, 2.75) is 452 Å². The Bertz CT molecular complexity index is 1940. The molecule has 0 aliphatic heterocycles. The summed E-state index contributed by atoms with van der Waals surface area (Å²) in [4.78, 5) is 73.0. The Kier molecular flexibility index (Phi) is 72.2. The summed E-state index contributed by atoms with van der Waals surface area (Å²) < 4.78 is 68.7. The van der Waals surface area contributed by atoms with Gasteiger partial charge in [0.2, 0.25) is 0 Å². The Hall–Kier alpha value is -1.94. The summed E-state index contributed by atoms with van der Waals surface area (Å²) >= 11 is 0. The highest BCUT2D eigenvalue weighted by Crippen LogP contribution is 2.45. The van der Waals surface area contributed by atoms with Gasteiger partial charge in [0.15, 0.2) is 12.2 Å². The Labute approximate surface area is 619 Å². The number of esters is 4. The number of hydrogen-bond donors (Lipinski definition) is 3. The molecule has 0 spiro atoms. The summed E-state index contributed by atoms with van der Waals surface area (Å²) in [5.74, 6) is -0.664. The summed E-state index contributed by atoms with van der Waals surface area (Å²) in [6, 6.07) is 0. The number of rotatable bonds is 81. The Morgan fingerprint density at radius 1 is 0.287 bits per heavy atom. The minimum absolute atomic E-state index is 0.104. The Balaban J connectivity index is 5.20. The molecule has 0 saturated heterocycles. The average molecular weight is 1480 g/mol. The quantitative estimate of drug-likeness (QED) is 0.0222. The van der Waals surface area contributed by atoms with Crippen LogP contribution in [0.4, 0.5) is 0 Å². The second-order valence-electron chi connectivity index (χ2n) is 30.2. The molecule has 0 rings (SSSR count). The van der Waals surface area contributed by atoms with E-state index in [1.165, 1.54) is 244 Å². The van der Waals surface area contributed by atoms with E-state index in [9.17, 15) is 43.2 Å².